The van der Waals surface area contributed by atoms with Gasteiger partial charge in [0, 0.05) is 19.2 Å². The van der Waals surface area contributed by atoms with E-state index < -0.39 is 0 Å². The monoisotopic (exact) mass is 180 g/mol. The highest BCUT2D eigenvalue weighted by atomic mass is 15.4. The predicted molar refractivity (Wildman–Crippen MR) is 52.5 cm³/mol. The summed E-state index contributed by atoms with van der Waals surface area (Å²) in [6.45, 7) is 4.18. The van der Waals surface area contributed by atoms with Crippen molar-refractivity contribution in [3.63, 3.8) is 0 Å². The van der Waals surface area contributed by atoms with E-state index in [9.17, 15) is 0 Å². The maximum atomic E-state index is 5.85. The molecule has 1 aliphatic rings. The zero-order valence-electron chi connectivity index (χ0n) is 8.20. The molecule has 13 heavy (non-hydrogen) atoms. The van der Waals surface area contributed by atoms with Gasteiger partial charge < -0.3 is 10.6 Å². The Morgan fingerprint density at radius 1 is 1.62 bits per heavy atom. The number of rotatable bonds is 1. The van der Waals surface area contributed by atoms with Gasteiger partial charge in [0.2, 0.25) is 0 Å². The standard InChI is InChI=1S/C9H16N4/c1-7-5-9(10)13(11-7)8-3-4-12(2)6-8/h5,8H,3-4,6,10H2,1-2H3. The number of likely N-dealkylation sites (tertiary alicyclic amines) is 1. The molecule has 1 saturated heterocycles. The normalized spacial score (nSPS) is 24.0. The van der Waals surface area contributed by atoms with Crippen LogP contribution in [0, 0.1) is 6.92 Å². The van der Waals surface area contributed by atoms with Gasteiger partial charge in [-0.05, 0) is 20.4 Å². The fraction of sp³-hybridized carbons (Fsp3) is 0.667. The van der Waals surface area contributed by atoms with Gasteiger partial charge in [-0.25, -0.2) is 4.68 Å². The predicted octanol–water partition coefficient (Wildman–Crippen LogP) is 0.650. The molecule has 1 fully saturated rings. The third-order valence-electron chi connectivity index (χ3n) is 2.60. The van der Waals surface area contributed by atoms with E-state index in [4.69, 9.17) is 5.73 Å². The molecule has 0 bridgehead atoms. The van der Waals surface area contributed by atoms with Crippen LogP contribution in [0.4, 0.5) is 5.82 Å². The summed E-state index contributed by atoms with van der Waals surface area (Å²) in [4.78, 5) is 2.31. The Morgan fingerprint density at radius 3 is 2.85 bits per heavy atom. The van der Waals surface area contributed by atoms with Crippen molar-refractivity contribution in [3.8, 4) is 0 Å². The number of aryl methyl sites for hydroxylation is 1. The Labute approximate surface area is 78.3 Å². The van der Waals surface area contributed by atoms with E-state index in [0.29, 0.717) is 6.04 Å². The number of likely N-dealkylation sites (N-methyl/N-ethyl adjacent to an activating group) is 1. The van der Waals surface area contributed by atoms with Crippen LogP contribution in [0.25, 0.3) is 0 Å². The minimum absolute atomic E-state index is 0.471. The second-order valence-electron chi connectivity index (χ2n) is 3.86. The first-order chi connectivity index (χ1) is 6.16. The fourth-order valence-corrected chi connectivity index (χ4v) is 1.94. The Hall–Kier alpha value is -1.03. The zero-order valence-corrected chi connectivity index (χ0v) is 8.20. The first kappa shape index (κ1) is 8.56. The number of nitrogen functional groups attached to an aromatic ring is 1. The first-order valence-corrected chi connectivity index (χ1v) is 4.67. The molecule has 2 heterocycles. The summed E-state index contributed by atoms with van der Waals surface area (Å²) in [6.07, 6.45) is 1.15. The molecular weight excluding hydrogens is 164 g/mol. The third kappa shape index (κ3) is 1.54. The summed E-state index contributed by atoms with van der Waals surface area (Å²) in [6, 6.07) is 2.40. The average Bonchev–Trinajstić information content (AvgIpc) is 2.58. The van der Waals surface area contributed by atoms with Gasteiger partial charge >= 0.3 is 0 Å². The molecule has 72 valence electrons. The molecule has 1 aliphatic heterocycles. The lowest BCUT2D eigenvalue weighted by molar-refractivity contribution is 0.383. The SMILES string of the molecule is Cc1cc(N)n(C2CCN(C)C2)n1. The lowest BCUT2D eigenvalue weighted by Crippen LogP contribution is -2.18. The molecule has 0 radical (unpaired) electrons. The van der Waals surface area contributed by atoms with Crippen LogP contribution >= 0.6 is 0 Å². The van der Waals surface area contributed by atoms with Crippen molar-refractivity contribution in [2.45, 2.75) is 19.4 Å². The molecule has 0 amide bonds. The molecule has 1 aromatic heterocycles. The van der Waals surface area contributed by atoms with Gasteiger partial charge in [0.25, 0.3) is 0 Å². The van der Waals surface area contributed by atoms with E-state index in [1.165, 1.54) is 0 Å². The Balaban J connectivity index is 2.20. The largest absolute Gasteiger partial charge is 0.384 e. The Kier molecular flexibility index (Phi) is 2.00. The topological polar surface area (TPSA) is 47.1 Å². The maximum Gasteiger partial charge on any atom is 0.122 e. The van der Waals surface area contributed by atoms with E-state index >= 15 is 0 Å². The van der Waals surface area contributed by atoms with Crippen molar-refractivity contribution in [1.29, 1.82) is 0 Å². The first-order valence-electron chi connectivity index (χ1n) is 4.67. The van der Waals surface area contributed by atoms with E-state index in [-0.39, 0.29) is 0 Å². The smallest absolute Gasteiger partial charge is 0.122 e. The summed E-state index contributed by atoms with van der Waals surface area (Å²) in [5.41, 5.74) is 6.86. The van der Waals surface area contributed by atoms with Gasteiger partial charge in [0.05, 0.1) is 11.7 Å². The molecular formula is C9H16N4. The summed E-state index contributed by atoms with van der Waals surface area (Å²) < 4.78 is 1.96. The minimum Gasteiger partial charge on any atom is -0.384 e. The van der Waals surface area contributed by atoms with Crippen molar-refractivity contribution in [2.24, 2.45) is 0 Å². The van der Waals surface area contributed by atoms with Crippen molar-refractivity contribution < 1.29 is 0 Å². The molecule has 0 spiro atoms. The van der Waals surface area contributed by atoms with Crippen molar-refractivity contribution in [3.05, 3.63) is 11.8 Å². The number of hydrogen-bond acceptors (Lipinski definition) is 3. The van der Waals surface area contributed by atoms with Gasteiger partial charge in [-0.15, -0.1) is 0 Å². The summed E-state index contributed by atoms with van der Waals surface area (Å²) in [5, 5.41) is 4.39. The number of hydrogen-bond donors (Lipinski definition) is 1. The molecule has 0 saturated carbocycles. The minimum atomic E-state index is 0.471. The van der Waals surface area contributed by atoms with Crippen LogP contribution in [0.1, 0.15) is 18.2 Å². The highest BCUT2D eigenvalue weighted by Gasteiger charge is 2.22. The molecule has 2 N–H and O–H groups in total. The van der Waals surface area contributed by atoms with E-state index in [1.807, 2.05) is 17.7 Å². The molecule has 1 atom stereocenters. The summed E-state index contributed by atoms with van der Waals surface area (Å²) in [5.74, 6) is 0.790. The average molecular weight is 180 g/mol. The van der Waals surface area contributed by atoms with Gasteiger partial charge in [-0.3, -0.25) is 0 Å². The van der Waals surface area contributed by atoms with Gasteiger partial charge in [-0.2, -0.15) is 5.10 Å². The van der Waals surface area contributed by atoms with Crippen molar-refractivity contribution in [1.82, 2.24) is 14.7 Å². The van der Waals surface area contributed by atoms with Gasteiger partial charge in [0.15, 0.2) is 0 Å². The second kappa shape index (κ2) is 3.03. The van der Waals surface area contributed by atoms with Crippen LogP contribution in [0.3, 0.4) is 0 Å². The molecule has 0 aliphatic carbocycles. The maximum absolute atomic E-state index is 5.85. The summed E-state index contributed by atoms with van der Waals surface area (Å²) >= 11 is 0. The number of aromatic nitrogens is 2. The highest BCUT2D eigenvalue weighted by Crippen LogP contribution is 2.22. The lowest BCUT2D eigenvalue weighted by Gasteiger charge is -2.12. The van der Waals surface area contributed by atoms with Crippen LogP contribution in [0.5, 0.6) is 0 Å². The van der Waals surface area contributed by atoms with Crippen LogP contribution in [0.15, 0.2) is 6.07 Å². The van der Waals surface area contributed by atoms with E-state index in [1.54, 1.807) is 0 Å². The van der Waals surface area contributed by atoms with Crippen LogP contribution < -0.4 is 5.73 Å². The summed E-state index contributed by atoms with van der Waals surface area (Å²) in [7, 11) is 2.13. The third-order valence-corrected chi connectivity index (χ3v) is 2.60. The molecule has 4 heteroatoms. The number of anilines is 1. The Morgan fingerprint density at radius 2 is 2.38 bits per heavy atom. The fourth-order valence-electron chi connectivity index (χ4n) is 1.94. The number of nitrogens with two attached hydrogens (primary N) is 1. The Bertz CT molecular complexity index is 305. The van der Waals surface area contributed by atoms with Crippen molar-refractivity contribution >= 4 is 5.82 Å². The van der Waals surface area contributed by atoms with Crippen molar-refractivity contribution in [2.75, 3.05) is 25.9 Å². The number of nitrogens with zero attached hydrogens (tertiary/aromatic N) is 3. The molecule has 1 unspecified atom stereocenters. The molecule has 1 aromatic rings. The second-order valence-corrected chi connectivity index (χ2v) is 3.86. The quantitative estimate of drug-likeness (QED) is 0.690. The van der Waals surface area contributed by atoms with E-state index in [2.05, 4.69) is 17.0 Å². The van der Waals surface area contributed by atoms with Crippen LogP contribution in [-0.4, -0.2) is 34.8 Å². The molecule has 0 aromatic carbocycles. The van der Waals surface area contributed by atoms with Crippen LogP contribution in [-0.2, 0) is 0 Å². The lowest BCUT2D eigenvalue weighted by atomic mass is 10.3. The molecule has 2 rings (SSSR count). The van der Waals surface area contributed by atoms with Gasteiger partial charge in [-0.1, -0.05) is 0 Å². The van der Waals surface area contributed by atoms with E-state index in [0.717, 1.165) is 31.0 Å². The molecule has 4 nitrogen and oxygen atoms in total. The van der Waals surface area contributed by atoms with Gasteiger partial charge in [0.1, 0.15) is 5.82 Å². The highest BCUT2D eigenvalue weighted by molar-refractivity contribution is 5.31. The van der Waals surface area contributed by atoms with Crippen LogP contribution in [0.2, 0.25) is 0 Å². The zero-order chi connectivity index (χ0) is 9.42.